The molecular formula is C24H21N5O2S. The number of carbonyl (C=O) groups excluding carboxylic acids is 2. The Bertz CT molecular complexity index is 1350. The predicted molar refractivity (Wildman–Crippen MR) is 125 cm³/mol. The molecule has 0 saturated heterocycles. The molecule has 0 spiro atoms. The van der Waals surface area contributed by atoms with E-state index in [4.69, 9.17) is 0 Å². The number of aromatic nitrogens is 3. The summed E-state index contributed by atoms with van der Waals surface area (Å²) >= 11 is 1.35. The average Bonchev–Trinajstić information content (AvgIpc) is 3.56. The topological polar surface area (TPSA) is 91.3 Å². The first-order valence-electron chi connectivity index (χ1n) is 10.3. The van der Waals surface area contributed by atoms with E-state index >= 15 is 0 Å². The van der Waals surface area contributed by atoms with Crippen molar-refractivity contribution < 1.29 is 9.59 Å². The van der Waals surface area contributed by atoms with E-state index in [0.29, 0.717) is 11.3 Å². The number of imidazole rings is 1. The molecule has 0 fully saturated rings. The quantitative estimate of drug-likeness (QED) is 0.359. The van der Waals surface area contributed by atoms with Gasteiger partial charge >= 0.3 is 0 Å². The lowest BCUT2D eigenvalue weighted by molar-refractivity contribution is -0.123. The van der Waals surface area contributed by atoms with Crippen LogP contribution in [0.3, 0.4) is 0 Å². The summed E-state index contributed by atoms with van der Waals surface area (Å²) < 4.78 is 1.91. The summed E-state index contributed by atoms with van der Waals surface area (Å²) in [7, 11) is 0. The molecule has 0 aliphatic heterocycles. The molecule has 32 heavy (non-hydrogen) atoms. The highest BCUT2D eigenvalue weighted by Gasteiger charge is 2.23. The van der Waals surface area contributed by atoms with Gasteiger partial charge in [0.15, 0.2) is 0 Å². The molecule has 3 N–H and O–H groups in total. The number of nitrogens with zero attached hydrogens (tertiary/aromatic N) is 2. The summed E-state index contributed by atoms with van der Waals surface area (Å²) in [6.07, 6.45) is 6.06. The number of nitrogens with one attached hydrogen (secondary N) is 3. The minimum atomic E-state index is -0.721. The van der Waals surface area contributed by atoms with E-state index in [1.54, 1.807) is 6.07 Å². The third kappa shape index (κ3) is 4.13. The summed E-state index contributed by atoms with van der Waals surface area (Å²) in [5.41, 5.74) is 3.54. The van der Waals surface area contributed by atoms with Crippen LogP contribution in [-0.2, 0) is 17.8 Å². The van der Waals surface area contributed by atoms with Gasteiger partial charge in [0, 0.05) is 35.9 Å². The van der Waals surface area contributed by atoms with Crippen molar-refractivity contribution in [1.82, 2.24) is 25.0 Å². The van der Waals surface area contributed by atoms with Crippen LogP contribution in [0.1, 0.15) is 20.9 Å². The first-order valence-corrected chi connectivity index (χ1v) is 11.1. The summed E-state index contributed by atoms with van der Waals surface area (Å²) in [5, 5.41) is 8.72. The van der Waals surface area contributed by atoms with Crippen LogP contribution in [0.15, 0.2) is 78.6 Å². The van der Waals surface area contributed by atoms with Crippen LogP contribution in [0.5, 0.6) is 0 Å². The Morgan fingerprint density at radius 2 is 1.97 bits per heavy atom. The number of para-hydroxylation sites is 1. The van der Waals surface area contributed by atoms with Gasteiger partial charge in [-0.3, -0.25) is 9.59 Å². The lowest BCUT2D eigenvalue weighted by Gasteiger charge is -2.18. The van der Waals surface area contributed by atoms with Gasteiger partial charge in [-0.25, -0.2) is 4.98 Å². The molecule has 0 aliphatic carbocycles. The molecule has 160 valence electrons. The van der Waals surface area contributed by atoms with Gasteiger partial charge in [0.2, 0.25) is 5.91 Å². The van der Waals surface area contributed by atoms with Gasteiger partial charge in [0.25, 0.3) is 5.91 Å². The van der Waals surface area contributed by atoms with Crippen molar-refractivity contribution in [1.29, 1.82) is 0 Å². The summed E-state index contributed by atoms with van der Waals surface area (Å²) in [6, 6.07) is 16.5. The number of benzene rings is 1. The number of hydrogen-bond donors (Lipinski definition) is 3. The molecule has 4 heterocycles. The fraction of sp³-hybridized carbons (Fsp3) is 0.125. The van der Waals surface area contributed by atoms with Gasteiger partial charge in [0.1, 0.15) is 11.7 Å². The van der Waals surface area contributed by atoms with Crippen molar-refractivity contribution in [3.05, 3.63) is 94.7 Å². The van der Waals surface area contributed by atoms with Gasteiger partial charge in [-0.1, -0.05) is 30.3 Å². The Morgan fingerprint density at radius 3 is 2.81 bits per heavy atom. The van der Waals surface area contributed by atoms with Gasteiger partial charge in [-0.05, 0) is 35.2 Å². The van der Waals surface area contributed by atoms with Gasteiger partial charge < -0.3 is 20.0 Å². The molecule has 5 rings (SSSR count). The van der Waals surface area contributed by atoms with E-state index in [1.165, 1.54) is 11.3 Å². The molecular weight excluding hydrogens is 422 g/mol. The molecule has 0 bridgehead atoms. The Balaban J connectivity index is 1.35. The lowest BCUT2D eigenvalue weighted by atomic mass is 10.0. The van der Waals surface area contributed by atoms with Crippen molar-refractivity contribution in [3.63, 3.8) is 0 Å². The highest BCUT2D eigenvalue weighted by atomic mass is 32.1. The minimum Gasteiger partial charge on any atom is -0.361 e. The van der Waals surface area contributed by atoms with Crippen LogP contribution < -0.4 is 10.6 Å². The van der Waals surface area contributed by atoms with Crippen LogP contribution >= 0.6 is 11.3 Å². The molecule has 8 heteroatoms. The van der Waals surface area contributed by atoms with E-state index in [0.717, 1.165) is 27.8 Å². The van der Waals surface area contributed by atoms with E-state index in [-0.39, 0.29) is 18.4 Å². The van der Waals surface area contributed by atoms with Crippen LogP contribution in [-0.4, -0.2) is 32.2 Å². The monoisotopic (exact) mass is 443 g/mol. The second-order valence-electron chi connectivity index (χ2n) is 7.48. The first-order chi connectivity index (χ1) is 15.7. The normalized spacial score (nSPS) is 12.1. The number of hydrogen-bond acceptors (Lipinski definition) is 4. The summed E-state index contributed by atoms with van der Waals surface area (Å²) in [4.78, 5) is 34.2. The Hall–Kier alpha value is -3.91. The Labute approximate surface area is 188 Å². The van der Waals surface area contributed by atoms with Gasteiger partial charge in [-0.2, -0.15) is 0 Å². The fourth-order valence-corrected chi connectivity index (χ4v) is 4.37. The number of H-pyrrole nitrogens is 1. The number of amides is 2. The van der Waals surface area contributed by atoms with Crippen molar-refractivity contribution in [2.24, 2.45) is 0 Å². The number of pyridine rings is 1. The number of fused-ring (bicyclic) bond motifs is 2. The number of rotatable bonds is 7. The SMILES string of the molecule is O=C(NC(Cc1c[nH]c2ccccc12)C(=O)NCc1cn2ccccc2n1)c1cccs1. The Kier molecular flexibility index (Phi) is 5.43. The van der Waals surface area contributed by atoms with E-state index < -0.39 is 6.04 Å². The molecule has 0 aliphatic rings. The zero-order chi connectivity index (χ0) is 21.9. The fourth-order valence-electron chi connectivity index (χ4n) is 3.74. The lowest BCUT2D eigenvalue weighted by Crippen LogP contribution is -2.47. The third-order valence-electron chi connectivity index (χ3n) is 5.32. The summed E-state index contributed by atoms with van der Waals surface area (Å²) in [5.74, 6) is -0.509. The second-order valence-corrected chi connectivity index (χ2v) is 8.43. The Morgan fingerprint density at radius 1 is 1.09 bits per heavy atom. The van der Waals surface area contributed by atoms with Gasteiger partial charge in [0.05, 0.1) is 17.1 Å². The van der Waals surface area contributed by atoms with E-state index in [1.807, 2.05) is 76.9 Å². The predicted octanol–water partition coefficient (Wildman–Crippen LogP) is 3.53. The van der Waals surface area contributed by atoms with Crippen molar-refractivity contribution in [3.8, 4) is 0 Å². The maximum absolute atomic E-state index is 13.1. The smallest absolute Gasteiger partial charge is 0.262 e. The molecule has 0 radical (unpaired) electrons. The van der Waals surface area contributed by atoms with Crippen molar-refractivity contribution in [2.75, 3.05) is 0 Å². The highest BCUT2D eigenvalue weighted by molar-refractivity contribution is 7.12. The van der Waals surface area contributed by atoms with Crippen molar-refractivity contribution in [2.45, 2.75) is 19.0 Å². The van der Waals surface area contributed by atoms with E-state index in [9.17, 15) is 9.59 Å². The largest absolute Gasteiger partial charge is 0.361 e. The highest BCUT2D eigenvalue weighted by Crippen LogP contribution is 2.19. The minimum absolute atomic E-state index is 0.253. The molecule has 0 saturated carbocycles. The molecule has 5 aromatic rings. The molecule has 1 atom stereocenters. The van der Waals surface area contributed by atoms with Crippen LogP contribution in [0.25, 0.3) is 16.6 Å². The number of aromatic amines is 1. The van der Waals surface area contributed by atoms with Crippen molar-refractivity contribution >= 4 is 39.7 Å². The third-order valence-corrected chi connectivity index (χ3v) is 6.19. The van der Waals surface area contributed by atoms with E-state index in [2.05, 4.69) is 20.6 Å². The molecule has 1 aromatic carbocycles. The van der Waals surface area contributed by atoms with Crippen LogP contribution in [0.2, 0.25) is 0 Å². The zero-order valence-corrected chi connectivity index (χ0v) is 17.9. The molecule has 1 unspecified atom stereocenters. The maximum Gasteiger partial charge on any atom is 0.262 e. The maximum atomic E-state index is 13.1. The zero-order valence-electron chi connectivity index (χ0n) is 17.1. The molecule has 2 amide bonds. The first kappa shape index (κ1) is 20.0. The average molecular weight is 444 g/mol. The van der Waals surface area contributed by atoms with Crippen LogP contribution in [0, 0.1) is 0 Å². The standard InChI is InChI=1S/C24H21N5O2S/c30-23(26-14-17-15-29-10-4-3-9-22(29)27-17)20(28-24(31)21-8-5-11-32-21)12-16-13-25-19-7-2-1-6-18(16)19/h1-11,13,15,20,25H,12,14H2,(H,26,30)(H,28,31). The number of carbonyl (C=O) groups is 2. The molecule has 4 aromatic heterocycles. The van der Waals surface area contributed by atoms with Gasteiger partial charge in [-0.15, -0.1) is 11.3 Å². The summed E-state index contributed by atoms with van der Waals surface area (Å²) in [6.45, 7) is 0.278. The number of thiophene rings is 1. The van der Waals surface area contributed by atoms with Crippen LogP contribution in [0.4, 0.5) is 0 Å². The molecule has 7 nitrogen and oxygen atoms in total. The second kappa shape index (κ2) is 8.68.